The third-order valence-electron chi connectivity index (χ3n) is 4.44. The van der Waals surface area contributed by atoms with Crippen molar-refractivity contribution < 1.29 is 9.59 Å². The highest BCUT2D eigenvalue weighted by atomic mass is 79.9. The molecule has 0 radical (unpaired) electrons. The highest BCUT2D eigenvalue weighted by Crippen LogP contribution is 2.33. The standard InChI is InChI=1S/C19H20BrN3O2/c1-11-14(7-9-17(21-11)19(25)23(2)3)18(24)22-16-8-4-12-10-13(20)5-6-15(12)16/h5-7,9-10,16H,4,8H2,1-3H3,(H,22,24). The van der Waals surface area contributed by atoms with Crippen LogP contribution < -0.4 is 5.32 Å². The van der Waals surface area contributed by atoms with Crippen LogP contribution in [-0.2, 0) is 6.42 Å². The summed E-state index contributed by atoms with van der Waals surface area (Å²) in [5.41, 5.74) is 3.83. The number of amides is 2. The first-order valence-corrected chi connectivity index (χ1v) is 8.94. The second kappa shape index (κ2) is 6.96. The Kier molecular flexibility index (Phi) is 4.90. The van der Waals surface area contributed by atoms with E-state index in [-0.39, 0.29) is 17.9 Å². The van der Waals surface area contributed by atoms with Gasteiger partial charge in [0.1, 0.15) is 5.69 Å². The normalized spacial score (nSPS) is 15.6. The van der Waals surface area contributed by atoms with E-state index in [0.717, 1.165) is 17.3 Å². The molecule has 0 bridgehead atoms. The second-order valence-electron chi connectivity index (χ2n) is 6.44. The molecular weight excluding hydrogens is 382 g/mol. The van der Waals surface area contributed by atoms with Gasteiger partial charge in [-0.05, 0) is 55.2 Å². The molecule has 2 aromatic rings. The van der Waals surface area contributed by atoms with Crippen molar-refractivity contribution >= 4 is 27.7 Å². The molecule has 25 heavy (non-hydrogen) atoms. The molecule has 130 valence electrons. The van der Waals surface area contributed by atoms with Gasteiger partial charge in [0, 0.05) is 18.6 Å². The fraction of sp³-hybridized carbons (Fsp3) is 0.316. The highest BCUT2D eigenvalue weighted by molar-refractivity contribution is 9.10. The van der Waals surface area contributed by atoms with E-state index in [1.807, 2.05) is 6.07 Å². The lowest BCUT2D eigenvalue weighted by molar-refractivity contribution is 0.0820. The molecule has 0 aliphatic heterocycles. The smallest absolute Gasteiger partial charge is 0.271 e. The minimum absolute atomic E-state index is 0.0121. The van der Waals surface area contributed by atoms with E-state index in [2.05, 4.69) is 38.4 Å². The molecule has 0 fully saturated rings. The second-order valence-corrected chi connectivity index (χ2v) is 7.35. The van der Waals surface area contributed by atoms with Crippen molar-refractivity contribution in [3.8, 4) is 0 Å². The number of benzene rings is 1. The van der Waals surface area contributed by atoms with Gasteiger partial charge in [-0.1, -0.05) is 22.0 Å². The van der Waals surface area contributed by atoms with Crippen molar-refractivity contribution in [1.82, 2.24) is 15.2 Å². The summed E-state index contributed by atoms with van der Waals surface area (Å²) in [5, 5.41) is 3.09. The molecule has 5 nitrogen and oxygen atoms in total. The predicted molar refractivity (Wildman–Crippen MR) is 99.7 cm³/mol. The average Bonchev–Trinajstić information content (AvgIpc) is 2.95. The number of nitrogens with zero attached hydrogens (tertiary/aromatic N) is 2. The van der Waals surface area contributed by atoms with Gasteiger partial charge in [0.15, 0.2) is 0 Å². The first-order chi connectivity index (χ1) is 11.9. The van der Waals surface area contributed by atoms with E-state index in [9.17, 15) is 9.59 Å². The van der Waals surface area contributed by atoms with Gasteiger partial charge in [-0.15, -0.1) is 0 Å². The highest BCUT2D eigenvalue weighted by Gasteiger charge is 2.25. The number of pyridine rings is 1. The summed E-state index contributed by atoms with van der Waals surface area (Å²) in [6, 6.07) is 9.45. The van der Waals surface area contributed by atoms with Crippen LogP contribution in [0.2, 0.25) is 0 Å². The lowest BCUT2D eigenvalue weighted by atomic mass is 10.1. The Hall–Kier alpha value is -2.21. The molecule has 1 aromatic heterocycles. The Balaban J connectivity index is 1.78. The molecule has 0 spiro atoms. The van der Waals surface area contributed by atoms with Gasteiger partial charge >= 0.3 is 0 Å². The number of carbonyl (C=O) groups is 2. The third kappa shape index (κ3) is 3.58. The lowest BCUT2D eigenvalue weighted by Crippen LogP contribution is -2.28. The number of halogens is 1. The molecular formula is C19H20BrN3O2. The third-order valence-corrected chi connectivity index (χ3v) is 4.94. The summed E-state index contributed by atoms with van der Waals surface area (Å²) < 4.78 is 1.06. The first-order valence-electron chi connectivity index (χ1n) is 8.15. The van der Waals surface area contributed by atoms with Gasteiger partial charge in [0.05, 0.1) is 17.3 Å². The maximum absolute atomic E-state index is 12.7. The summed E-state index contributed by atoms with van der Waals surface area (Å²) in [7, 11) is 3.35. The van der Waals surface area contributed by atoms with E-state index in [1.165, 1.54) is 16.0 Å². The zero-order chi connectivity index (χ0) is 18.1. The van der Waals surface area contributed by atoms with Crippen LogP contribution in [0.1, 0.15) is 50.1 Å². The first kappa shape index (κ1) is 17.6. The van der Waals surface area contributed by atoms with E-state index in [1.54, 1.807) is 33.2 Å². The molecule has 1 aromatic carbocycles. The molecule has 6 heteroatoms. The van der Waals surface area contributed by atoms with Gasteiger partial charge in [-0.2, -0.15) is 0 Å². The summed E-state index contributed by atoms with van der Waals surface area (Å²) in [5.74, 6) is -0.333. The number of hydrogen-bond donors (Lipinski definition) is 1. The van der Waals surface area contributed by atoms with Gasteiger partial charge in [0.25, 0.3) is 11.8 Å². The Morgan fingerprint density at radius 2 is 2.00 bits per heavy atom. The maximum atomic E-state index is 12.7. The quantitative estimate of drug-likeness (QED) is 0.857. The Bertz CT molecular complexity index is 849. The molecule has 1 N–H and O–H groups in total. The van der Waals surface area contributed by atoms with Crippen molar-refractivity contribution in [2.75, 3.05) is 14.1 Å². The Morgan fingerprint density at radius 3 is 2.68 bits per heavy atom. The fourth-order valence-electron chi connectivity index (χ4n) is 3.12. The van der Waals surface area contributed by atoms with Crippen LogP contribution in [0, 0.1) is 6.92 Å². The number of nitrogens with one attached hydrogen (secondary N) is 1. The van der Waals surface area contributed by atoms with E-state index >= 15 is 0 Å². The summed E-state index contributed by atoms with van der Waals surface area (Å²) in [6.07, 6.45) is 1.84. The van der Waals surface area contributed by atoms with Gasteiger partial charge in [-0.25, -0.2) is 4.98 Å². The minimum atomic E-state index is -0.176. The van der Waals surface area contributed by atoms with Gasteiger partial charge in [-0.3, -0.25) is 9.59 Å². The van der Waals surface area contributed by atoms with Crippen LogP contribution in [0.5, 0.6) is 0 Å². The number of aromatic nitrogens is 1. The summed E-state index contributed by atoms with van der Waals surface area (Å²) in [6.45, 7) is 1.75. The van der Waals surface area contributed by atoms with Crippen LogP contribution in [0.15, 0.2) is 34.8 Å². The van der Waals surface area contributed by atoms with Crippen LogP contribution >= 0.6 is 15.9 Å². The van der Waals surface area contributed by atoms with Crippen LogP contribution in [0.25, 0.3) is 0 Å². The monoisotopic (exact) mass is 401 g/mol. The molecule has 0 saturated heterocycles. The molecule has 1 aliphatic carbocycles. The number of aryl methyl sites for hydroxylation is 2. The summed E-state index contributed by atoms with van der Waals surface area (Å²) >= 11 is 3.48. The Labute approximate surface area is 155 Å². The molecule has 1 atom stereocenters. The molecule has 1 heterocycles. The van der Waals surface area contributed by atoms with Crippen molar-refractivity contribution in [2.45, 2.75) is 25.8 Å². The molecule has 2 amide bonds. The van der Waals surface area contributed by atoms with E-state index < -0.39 is 0 Å². The van der Waals surface area contributed by atoms with Crippen molar-refractivity contribution in [3.05, 3.63) is 62.9 Å². The lowest BCUT2D eigenvalue weighted by Gasteiger charge is -2.16. The molecule has 1 unspecified atom stereocenters. The van der Waals surface area contributed by atoms with Gasteiger partial charge < -0.3 is 10.2 Å². The number of carbonyl (C=O) groups excluding carboxylic acids is 2. The molecule has 3 rings (SSSR count). The van der Waals surface area contributed by atoms with Gasteiger partial charge in [0.2, 0.25) is 0 Å². The Morgan fingerprint density at radius 1 is 1.24 bits per heavy atom. The number of fused-ring (bicyclic) bond motifs is 1. The summed E-state index contributed by atoms with van der Waals surface area (Å²) in [4.78, 5) is 30.4. The zero-order valence-electron chi connectivity index (χ0n) is 14.5. The average molecular weight is 402 g/mol. The van der Waals surface area contributed by atoms with Crippen molar-refractivity contribution in [3.63, 3.8) is 0 Å². The topological polar surface area (TPSA) is 62.3 Å². The van der Waals surface area contributed by atoms with Crippen molar-refractivity contribution in [2.24, 2.45) is 0 Å². The largest absolute Gasteiger partial charge is 0.345 e. The maximum Gasteiger partial charge on any atom is 0.271 e. The molecule has 1 aliphatic rings. The van der Waals surface area contributed by atoms with E-state index in [0.29, 0.717) is 17.0 Å². The van der Waals surface area contributed by atoms with Crippen LogP contribution in [-0.4, -0.2) is 35.8 Å². The van der Waals surface area contributed by atoms with E-state index in [4.69, 9.17) is 0 Å². The van der Waals surface area contributed by atoms with Crippen LogP contribution in [0.3, 0.4) is 0 Å². The predicted octanol–water partition coefficient (Wildman–Crippen LogP) is 3.27. The van der Waals surface area contributed by atoms with Crippen molar-refractivity contribution in [1.29, 1.82) is 0 Å². The number of hydrogen-bond acceptors (Lipinski definition) is 3. The fourth-order valence-corrected chi connectivity index (χ4v) is 3.53. The number of rotatable bonds is 3. The minimum Gasteiger partial charge on any atom is -0.345 e. The van der Waals surface area contributed by atoms with Crippen LogP contribution in [0.4, 0.5) is 0 Å². The SMILES string of the molecule is Cc1nc(C(=O)N(C)C)ccc1C(=O)NC1CCc2cc(Br)ccc21. The molecule has 0 saturated carbocycles. The zero-order valence-corrected chi connectivity index (χ0v) is 16.1.